The van der Waals surface area contributed by atoms with Crippen molar-refractivity contribution in [2.24, 2.45) is 0 Å². The lowest BCUT2D eigenvalue weighted by molar-refractivity contribution is 1.08. The van der Waals surface area contributed by atoms with Gasteiger partial charge in [0.15, 0.2) is 5.82 Å². The largest absolute Gasteiger partial charge is 0.382 e. The minimum atomic E-state index is 0.104. The SMILES string of the molecule is Cc1nc(-c2ncc(Cl)cc2Cl)nc(N)c1C#N. The van der Waals surface area contributed by atoms with E-state index in [1.165, 1.54) is 6.20 Å². The highest BCUT2D eigenvalue weighted by atomic mass is 35.5. The molecule has 0 saturated carbocycles. The number of pyridine rings is 1. The smallest absolute Gasteiger partial charge is 0.182 e. The van der Waals surface area contributed by atoms with Gasteiger partial charge in [-0.15, -0.1) is 0 Å². The van der Waals surface area contributed by atoms with Gasteiger partial charge in [0.1, 0.15) is 23.1 Å². The maximum absolute atomic E-state index is 8.88. The number of hydrogen-bond acceptors (Lipinski definition) is 5. The van der Waals surface area contributed by atoms with E-state index in [1.807, 2.05) is 6.07 Å². The van der Waals surface area contributed by atoms with E-state index in [0.29, 0.717) is 21.4 Å². The molecule has 2 N–H and O–H groups in total. The Morgan fingerprint density at radius 3 is 2.61 bits per heavy atom. The van der Waals surface area contributed by atoms with Crippen molar-refractivity contribution in [3.8, 4) is 17.6 Å². The van der Waals surface area contributed by atoms with Crippen LogP contribution >= 0.6 is 23.2 Å². The van der Waals surface area contributed by atoms with Gasteiger partial charge < -0.3 is 5.73 Å². The monoisotopic (exact) mass is 279 g/mol. The van der Waals surface area contributed by atoms with Crippen LogP contribution in [-0.2, 0) is 0 Å². The molecule has 0 aliphatic heterocycles. The normalized spacial score (nSPS) is 10.1. The second-order valence-corrected chi connectivity index (χ2v) is 4.33. The first-order chi connectivity index (χ1) is 8.52. The number of aromatic nitrogens is 3. The Morgan fingerprint density at radius 1 is 1.33 bits per heavy atom. The van der Waals surface area contributed by atoms with Gasteiger partial charge in [0.05, 0.1) is 15.7 Å². The van der Waals surface area contributed by atoms with Gasteiger partial charge in [0.2, 0.25) is 0 Å². The van der Waals surface area contributed by atoms with Gasteiger partial charge in [-0.05, 0) is 13.0 Å². The molecule has 5 nitrogen and oxygen atoms in total. The zero-order chi connectivity index (χ0) is 13.3. The Balaban J connectivity index is 2.63. The summed E-state index contributed by atoms with van der Waals surface area (Å²) in [6, 6.07) is 3.48. The third-order valence-electron chi connectivity index (χ3n) is 2.25. The van der Waals surface area contributed by atoms with Crippen LogP contribution in [-0.4, -0.2) is 15.0 Å². The van der Waals surface area contributed by atoms with Crippen LogP contribution in [0.1, 0.15) is 11.3 Å². The van der Waals surface area contributed by atoms with E-state index in [4.69, 9.17) is 34.2 Å². The topological polar surface area (TPSA) is 88.5 Å². The number of hydrogen-bond donors (Lipinski definition) is 1. The van der Waals surface area contributed by atoms with Crippen molar-refractivity contribution in [3.63, 3.8) is 0 Å². The van der Waals surface area contributed by atoms with Crippen LogP contribution in [0, 0.1) is 18.3 Å². The Bertz CT molecular complexity index is 640. The van der Waals surface area contributed by atoms with Gasteiger partial charge in [-0.3, -0.25) is 0 Å². The second kappa shape index (κ2) is 4.77. The van der Waals surface area contributed by atoms with E-state index >= 15 is 0 Å². The maximum Gasteiger partial charge on any atom is 0.182 e. The van der Waals surface area contributed by atoms with Gasteiger partial charge in [-0.2, -0.15) is 5.26 Å². The zero-order valence-electron chi connectivity index (χ0n) is 9.28. The standard InChI is InChI=1S/C11H7Cl2N5/c1-5-7(3-14)10(15)18-11(17-5)9-8(13)2-6(12)4-16-9/h2,4H,1H3,(H2,15,17,18). The van der Waals surface area contributed by atoms with Crippen molar-refractivity contribution >= 4 is 29.0 Å². The van der Waals surface area contributed by atoms with Crippen LogP contribution in [0.15, 0.2) is 12.3 Å². The summed E-state index contributed by atoms with van der Waals surface area (Å²) in [7, 11) is 0. The molecule has 2 rings (SSSR count). The summed E-state index contributed by atoms with van der Waals surface area (Å²) in [6.45, 7) is 1.67. The predicted molar refractivity (Wildman–Crippen MR) is 69.1 cm³/mol. The van der Waals surface area contributed by atoms with Crippen molar-refractivity contribution in [2.45, 2.75) is 6.92 Å². The van der Waals surface area contributed by atoms with E-state index in [0.717, 1.165) is 0 Å². The average molecular weight is 280 g/mol. The molecule has 0 aliphatic rings. The van der Waals surface area contributed by atoms with Crippen LogP contribution in [0.5, 0.6) is 0 Å². The van der Waals surface area contributed by atoms with Crippen molar-refractivity contribution in [1.29, 1.82) is 5.26 Å². The van der Waals surface area contributed by atoms with E-state index < -0.39 is 0 Å². The Kier molecular flexibility index (Phi) is 3.32. The molecule has 2 aromatic rings. The molecule has 0 saturated heterocycles. The zero-order valence-corrected chi connectivity index (χ0v) is 10.8. The van der Waals surface area contributed by atoms with Crippen LogP contribution < -0.4 is 5.73 Å². The summed E-state index contributed by atoms with van der Waals surface area (Å²) in [5, 5.41) is 9.63. The van der Waals surface area contributed by atoms with Crippen LogP contribution in [0.4, 0.5) is 5.82 Å². The number of rotatable bonds is 1. The van der Waals surface area contributed by atoms with Crippen molar-refractivity contribution in [3.05, 3.63) is 33.6 Å². The van der Waals surface area contributed by atoms with Crippen LogP contribution in [0.2, 0.25) is 10.0 Å². The van der Waals surface area contributed by atoms with E-state index in [2.05, 4.69) is 15.0 Å². The van der Waals surface area contributed by atoms with Crippen molar-refractivity contribution < 1.29 is 0 Å². The van der Waals surface area contributed by atoms with E-state index in [9.17, 15) is 0 Å². The summed E-state index contributed by atoms with van der Waals surface area (Å²) < 4.78 is 0. The first-order valence-electron chi connectivity index (χ1n) is 4.88. The molecular weight excluding hydrogens is 273 g/mol. The Hall–Kier alpha value is -1.90. The average Bonchev–Trinajstić information content (AvgIpc) is 2.28. The number of nitrogen functional groups attached to an aromatic ring is 1. The number of nitrogens with two attached hydrogens (primary N) is 1. The van der Waals surface area contributed by atoms with Gasteiger partial charge >= 0.3 is 0 Å². The van der Waals surface area contributed by atoms with Crippen LogP contribution in [0.3, 0.4) is 0 Å². The van der Waals surface area contributed by atoms with Gasteiger partial charge in [-0.1, -0.05) is 23.2 Å². The first kappa shape index (κ1) is 12.6. The molecule has 0 amide bonds. The fourth-order valence-electron chi connectivity index (χ4n) is 1.42. The summed E-state index contributed by atoms with van der Waals surface area (Å²) in [5.41, 5.74) is 6.79. The van der Waals surface area contributed by atoms with Gasteiger partial charge in [0, 0.05) is 6.20 Å². The second-order valence-electron chi connectivity index (χ2n) is 3.49. The quantitative estimate of drug-likeness (QED) is 0.867. The summed E-state index contributed by atoms with van der Waals surface area (Å²) in [5.74, 6) is 0.374. The molecule has 2 heterocycles. The summed E-state index contributed by atoms with van der Waals surface area (Å²) in [6.07, 6.45) is 1.44. The number of nitrogens with zero attached hydrogens (tertiary/aromatic N) is 4. The third kappa shape index (κ3) is 2.21. The lowest BCUT2D eigenvalue weighted by Crippen LogP contribution is -2.03. The number of anilines is 1. The molecule has 0 bridgehead atoms. The highest BCUT2D eigenvalue weighted by Gasteiger charge is 2.14. The van der Waals surface area contributed by atoms with Crippen LogP contribution in [0.25, 0.3) is 11.5 Å². The molecule has 0 fully saturated rings. The minimum Gasteiger partial charge on any atom is -0.382 e. The highest BCUT2D eigenvalue weighted by Crippen LogP contribution is 2.27. The molecule has 0 aromatic carbocycles. The number of nitriles is 1. The van der Waals surface area contributed by atoms with E-state index in [1.54, 1.807) is 13.0 Å². The molecule has 90 valence electrons. The Morgan fingerprint density at radius 2 is 2.06 bits per heavy atom. The lowest BCUT2D eigenvalue weighted by Gasteiger charge is -2.06. The fourth-order valence-corrected chi connectivity index (χ4v) is 1.88. The molecule has 7 heteroatoms. The molecule has 0 radical (unpaired) electrons. The Labute approximate surface area is 113 Å². The van der Waals surface area contributed by atoms with E-state index in [-0.39, 0.29) is 17.2 Å². The van der Waals surface area contributed by atoms with Crippen molar-refractivity contribution in [1.82, 2.24) is 15.0 Å². The molecule has 0 atom stereocenters. The van der Waals surface area contributed by atoms with Gasteiger partial charge in [-0.25, -0.2) is 15.0 Å². The van der Waals surface area contributed by atoms with Gasteiger partial charge in [0.25, 0.3) is 0 Å². The molecular formula is C11H7Cl2N5. The summed E-state index contributed by atoms with van der Waals surface area (Å²) >= 11 is 11.8. The number of aryl methyl sites for hydroxylation is 1. The molecule has 18 heavy (non-hydrogen) atoms. The fraction of sp³-hybridized carbons (Fsp3) is 0.0909. The third-order valence-corrected chi connectivity index (χ3v) is 2.74. The molecule has 0 aliphatic carbocycles. The number of halogens is 2. The highest BCUT2D eigenvalue weighted by molar-refractivity contribution is 6.35. The molecule has 0 unspecified atom stereocenters. The predicted octanol–water partition coefficient (Wildman–Crippen LogP) is 2.61. The first-order valence-corrected chi connectivity index (χ1v) is 5.64. The molecule has 2 aromatic heterocycles. The summed E-state index contributed by atoms with van der Waals surface area (Å²) in [4.78, 5) is 12.2. The maximum atomic E-state index is 8.88. The van der Waals surface area contributed by atoms with Crippen molar-refractivity contribution in [2.75, 3.05) is 5.73 Å². The minimum absolute atomic E-state index is 0.104. The molecule has 0 spiro atoms. The lowest BCUT2D eigenvalue weighted by atomic mass is 10.2.